The van der Waals surface area contributed by atoms with Crippen LogP contribution < -0.4 is 10.6 Å². The molecule has 0 unspecified atom stereocenters. The molecule has 0 saturated carbocycles. The van der Waals surface area contributed by atoms with E-state index in [1.165, 1.54) is 0 Å². The van der Waals surface area contributed by atoms with E-state index in [4.69, 9.17) is 10.2 Å². The van der Waals surface area contributed by atoms with E-state index in [0.717, 1.165) is 11.1 Å². The van der Waals surface area contributed by atoms with Crippen molar-refractivity contribution in [3.63, 3.8) is 0 Å². The molecule has 2 aromatic carbocycles. The van der Waals surface area contributed by atoms with Crippen LogP contribution in [0.15, 0.2) is 60.7 Å². The maximum absolute atomic E-state index is 11.4. The number of carboxylic acid groups (broad SMARTS) is 2. The summed E-state index contributed by atoms with van der Waals surface area (Å²) in [6.07, 6.45) is -0.223. The second-order valence-electron chi connectivity index (χ2n) is 7.19. The van der Waals surface area contributed by atoms with E-state index in [-0.39, 0.29) is 49.6 Å². The molecule has 0 fully saturated rings. The Kier molecular flexibility index (Phi) is 11.8. The second-order valence-corrected chi connectivity index (χ2v) is 7.19. The molecule has 0 bridgehead atoms. The fourth-order valence-electron chi connectivity index (χ4n) is 2.72. The molecule has 8 heteroatoms. The average Bonchev–Trinajstić information content (AvgIpc) is 2.78. The van der Waals surface area contributed by atoms with Gasteiger partial charge in [-0.15, -0.1) is 0 Å². The predicted molar refractivity (Wildman–Crippen MR) is 120 cm³/mol. The average molecular weight is 443 g/mol. The van der Waals surface area contributed by atoms with Crippen LogP contribution in [0, 0.1) is 0 Å². The van der Waals surface area contributed by atoms with E-state index in [1.807, 2.05) is 74.5 Å². The highest BCUT2D eigenvalue weighted by atomic mass is 16.4. The Balaban J connectivity index is 0.000000320. The third kappa shape index (κ3) is 11.5. The molecule has 2 rings (SSSR count). The molecule has 0 saturated heterocycles. The van der Waals surface area contributed by atoms with Gasteiger partial charge < -0.3 is 20.8 Å². The minimum Gasteiger partial charge on any atom is -0.481 e. The van der Waals surface area contributed by atoms with Gasteiger partial charge in [0, 0.05) is 12.8 Å². The number of hydrogen-bond donors (Lipinski definition) is 4. The van der Waals surface area contributed by atoms with E-state index in [9.17, 15) is 19.2 Å². The van der Waals surface area contributed by atoms with Gasteiger partial charge in [0.1, 0.15) is 0 Å². The summed E-state index contributed by atoms with van der Waals surface area (Å²) in [7, 11) is 0. The van der Waals surface area contributed by atoms with Crippen LogP contribution in [0.25, 0.3) is 0 Å². The van der Waals surface area contributed by atoms with E-state index in [2.05, 4.69) is 10.6 Å². The Morgan fingerprint density at radius 3 is 1.22 bits per heavy atom. The lowest BCUT2D eigenvalue weighted by Crippen LogP contribution is -2.26. The van der Waals surface area contributed by atoms with E-state index >= 15 is 0 Å². The highest BCUT2D eigenvalue weighted by molar-refractivity contribution is 5.81. The maximum atomic E-state index is 11.4. The fourth-order valence-corrected chi connectivity index (χ4v) is 2.72. The summed E-state index contributed by atoms with van der Waals surface area (Å²) in [5, 5.41) is 22.4. The third-order valence-corrected chi connectivity index (χ3v) is 4.49. The zero-order chi connectivity index (χ0) is 23.9. The van der Waals surface area contributed by atoms with Crippen molar-refractivity contribution >= 4 is 23.8 Å². The van der Waals surface area contributed by atoms with Crippen molar-refractivity contribution in [2.45, 2.75) is 51.6 Å². The summed E-state index contributed by atoms with van der Waals surface area (Å²) in [5.41, 5.74) is 2.01. The first-order valence-electron chi connectivity index (χ1n) is 10.3. The molecule has 0 aliphatic carbocycles. The summed E-state index contributed by atoms with van der Waals surface area (Å²) >= 11 is 0. The summed E-state index contributed by atoms with van der Waals surface area (Å²) in [6, 6.07) is 18.9. The number of carbonyl (C=O) groups is 4. The van der Waals surface area contributed by atoms with Crippen LogP contribution in [0.5, 0.6) is 0 Å². The van der Waals surface area contributed by atoms with Gasteiger partial charge in [-0.3, -0.25) is 19.2 Å². The lowest BCUT2D eigenvalue weighted by atomic mass is 10.1. The monoisotopic (exact) mass is 442 g/mol. The van der Waals surface area contributed by atoms with Crippen LogP contribution in [-0.4, -0.2) is 34.0 Å². The van der Waals surface area contributed by atoms with Crippen molar-refractivity contribution < 1.29 is 29.4 Å². The SMILES string of the molecule is C[C@@H](NC(=O)CCC(=O)O)c1ccccc1.C[C@@H](NC(=O)CCC(=O)O)c1ccccc1. The molecule has 2 aromatic rings. The first-order chi connectivity index (χ1) is 15.2. The minimum atomic E-state index is -0.956. The molecule has 8 nitrogen and oxygen atoms in total. The van der Waals surface area contributed by atoms with Gasteiger partial charge in [0.05, 0.1) is 24.9 Å². The van der Waals surface area contributed by atoms with Gasteiger partial charge in [0.15, 0.2) is 0 Å². The van der Waals surface area contributed by atoms with Gasteiger partial charge >= 0.3 is 11.9 Å². The number of nitrogens with one attached hydrogen (secondary N) is 2. The summed E-state index contributed by atoms with van der Waals surface area (Å²) < 4.78 is 0. The van der Waals surface area contributed by atoms with E-state index in [0.29, 0.717) is 0 Å². The first-order valence-corrected chi connectivity index (χ1v) is 10.3. The van der Waals surface area contributed by atoms with Crippen LogP contribution in [-0.2, 0) is 19.2 Å². The summed E-state index contributed by atoms with van der Waals surface area (Å²) in [5.74, 6) is -2.39. The van der Waals surface area contributed by atoms with Crippen molar-refractivity contribution in [2.75, 3.05) is 0 Å². The molecule has 0 spiro atoms. The molecule has 32 heavy (non-hydrogen) atoms. The molecule has 0 radical (unpaired) electrons. The van der Waals surface area contributed by atoms with Gasteiger partial charge in [-0.25, -0.2) is 0 Å². The highest BCUT2D eigenvalue weighted by Gasteiger charge is 2.11. The van der Waals surface area contributed by atoms with E-state index < -0.39 is 11.9 Å². The Morgan fingerprint density at radius 2 is 0.938 bits per heavy atom. The van der Waals surface area contributed by atoms with Gasteiger partial charge in [-0.2, -0.15) is 0 Å². The summed E-state index contributed by atoms with van der Waals surface area (Å²) in [4.78, 5) is 43.3. The molecular weight excluding hydrogens is 412 g/mol. The van der Waals surface area contributed by atoms with Crippen LogP contribution in [0.2, 0.25) is 0 Å². The number of aliphatic carboxylic acids is 2. The smallest absolute Gasteiger partial charge is 0.303 e. The molecule has 2 amide bonds. The van der Waals surface area contributed by atoms with Gasteiger partial charge in [-0.05, 0) is 25.0 Å². The Hall–Kier alpha value is -3.68. The zero-order valence-electron chi connectivity index (χ0n) is 18.3. The first kappa shape index (κ1) is 26.4. The topological polar surface area (TPSA) is 133 Å². The second kappa shape index (κ2) is 14.3. The number of hydrogen-bond acceptors (Lipinski definition) is 4. The van der Waals surface area contributed by atoms with E-state index in [1.54, 1.807) is 0 Å². The molecule has 2 atom stereocenters. The number of benzene rings is 2. The lowest BCUT2D eigenvalue weighted by molar-refractivity contribution is -0.139. The normalized spacial score (nSPS) is 11.8. The van der Waals surface area contributed by atoms with Gasteiger partial charge in [0.25, 0.3) is 0 Å². The van der Waals surface area contributed by atoms with Crippen molar-refractivity contribution in [1.82, 2.24) is 10.6 Å². The highest BCUT2D eigenvalue weighted by Crippen LogP contribution is 2.12. The molecule has 4 N–H and O–H groups in total. The van der Waals surface area contributed by atoms with Crippen molar-refractivity contribution in [1.29, 1.82) is 0 Å². The largest absolute Gasteiger partial charge is 0.481 e. The van der Waals surface area contributed by atoms with Gasteiger partial charge in [-0.1, -0.05) is 60.7 Å². The lowest BCUT2D eigenvalue weighted by Gasteiger charge is -2.13. The zero-order valence-corrected chi connectivity index (χ0v) is 18.3. The van der Waals surface area contributed by atoms with Crippen LogP contribution in [0.1, 0.15) is 62.7 Å². The fraction of sp³-hybridized carbons (Fsp3) is 0.333. The number of carbonyl (C=O) groups excluding carboxylic acids is 2. The molecule has 172 valence electrons. The van der Waals surface area contributed by atoms with Crippen molar-refractivity contribution in [2.24, 2.45) is 0 Å². The molecule has 0 aliphatic rings. The van der Waals surface area contributed by atoms with Crippen LogP contribution in [0.4, 0.5) is 0 Å². The molecule has 0 heterocycles. The molecule has 0 aromatic heterocycles. The number of carboxylic acids is 2. The standard InChI is InChI=1S/2C12H15NO3/c2*1-9(10-5-3-2-4-6-10)13-11(14)7-8-12(15)16/h2*2-6,9H,7-8H2,1H3,(H,13,14)(H,15,16)/t2*9-/m11/s1. The molecule has 0 aliphatic heterocycles. The Bertz CT molecular complexity index is 797. The van der Waals surface area contributed by atoms with Gasteiger partial charge in [0.2, 0.25) is 11.8 Å². The Labute approximate surface area is 187 Å². The minimum absolute atomic E-state index is 0.0203. The van der Waals surface area contributed by atoms with Crippen molar-refractivity contribution in [3.8, 4) is 0 Å². The molecular formula is C24H30N2O6. The van der Waals surface area contributed by atoms with Crippen LogP contribution in [0.3, 0.4) is 0 Å². The quantitative estimate of drug-likeness (QED) is 0.445. The van der Waals surface area contributed by atoms with Crippen LogP contribution >= 0.6 is 0 Å². The third-order valence-electron chi connectivity index (χ3n) is 4.49. The number of rotatable bonds is 10. The predicted octanol–water partition coefficient (Wildman–Crippen LogP) is 3.46. The maximum Gasteiger partial charge on any atom is 0.303 e. The number of amides is 2. The Morgan fingerprint density at radius 1 is 0.625 bits per heavy atom. The summed E-state index contributed by atoms with van der Waals surface area (Å²) in [6.45, 7) is 3.74. The van der Waals surface area contributed by atoms with Crippen molar-refractivity contribution in [3.05, 3.63) is 71.8 Å².